The van der Waals surface area contributed by atoms with Gasteiger partial charge in [-0.2, -0.15) is 0 Å². The van der Waals surface area contributed by atoms with Crippen molar-refractivity contribution < 1.29 is 57.8 Å². The minimum Gasteiger partial charge on any atom is -0.744 e. The SMILES string of the molecule is O=S(=O)([O-])c1c(O)cc(O)cc1O.[Na+]. The summed E-state index contributed by atoms with van der Waals surface area (Å²) in [6.07, 6.45) is 0. The molecule has 0 aliphatic heterocycles. The average Bonchev–Trinajstić information content (AvgIpc) is 1.78. The first-order valence-electron chi connectivity index (χ1n) is 3.03. The van der Waals surface area contributed by atoms with E-state index in [0.717, 1.165) is 0 Å². The van der Waals surface area contributed by atoms with Crippen molar-refractivity contribution in [1.29, 1.82) is 0 Å². The molecule has 6 nitrogen and oxygen atoms in total. The van der Waals surface area contributed by atoms with Crippen LogP contribution in [0.3, 0.4) is 0 Å². The van der Waals surface area contributed by atoms with E-state index in [2.05, 4.69) is 0 Å². The topological polar surface area (TPSA) is 118 Å². The Morgan fingerprint density at radius 1 is 1.07 bits per heavy atom. The summed E-state index contributed by atoms with van der Waals surface area (Å²) in [5.74, 6) is -2.50. The van der Waals surface area contributed by atoms with Crippen molar-refractivity contribution in [1.82, 2.24) is 0 Å². The van der Waals surface area contributed by atoms with Gasteiger partial charge in [0, 0.05) is 12.1 Å². The fourth-order valence-corrected chi connectivity index (χ4v) is 1.47. The molecule has 0 atom stereocenters. The Bertz CT molecular complexity index is 417. The smallest absolute Gasteiger partial charge is 0.744 e. The first kappa shape index (κ1) is 13.5. The van der Waals surface area contributed by atoms with E-state index >= 15 is 0 Å². The molecule has 1 aromatic rings. The maximum absolute atomic E-state index is 10.4. The zero-order valence-corrected chi connectivity index (χ0v) is 9.95. The fourth-order valence-electron chi connectivity index (χ4n) is 0.840. The number of hydrogen-bond donors (Lipinski definition) is 3. The molecule has 0 radical (unpaired) electrons. The summed E-state index contributed by atoms with van der Waals surface area (Å²) in [6, 6.07) is 1.29. The van der Waals surface area contributed by atoms with Gasteiger partial charge in [0.15, 0.2) is 0 Å². The molecule has 0 bridgehead atoms. The predicted octanol–water partition coefficient (Wildman–Crippen LogP) is -3.29. The van der Waals surface area contributed by atoms with Crippen molar-refractivity contribution in [3.05, 3.63) is 12.1 Å². The molecule has 8 heteroatoms. The van der Waals surface area contributed by atoms with E-state index in [1.54, 1.807) is 0 Å². The van der Waals surface area contributed by atoms with Gasteiger partial charge in [-0.05, 0) is 0 Å². The van der Waals surface area contributed by atoms with Gasteiger partial charge in [0.2, 0.25) is 0 Å². The van der Waals surface area contributed by atoms with E-state index in [9.17, 15) is 13.0 Å². The Morgan fingerprint density at radius 2 is 1.43 bits per heavy atom. The largest absolute Gasteiger partial charge is 1.00 e. The van der Waals surface area contributed by atoms with Gasteiger partial charge in [-0.25, -0.2) is 8.42 Å². The summed E-state index contributed by atoms with van der Waals surface area (Å²) in [4.78, 5) is -1.13. The van der Waals surface area contributed by atoms with Crippen molar-refractivity contribution in [2.75, 3.05) is 0 Å². The second-order valence-electron chi connectivity index (χ2n) is 2.27. The zero-order chi connectivity index (χ0) is 10.2. The van der Waals surface area contributed by atoms with Gasteiger partial charge < -0.3 is 19.9 Å². The summed E-state index contributed by atoms with van der Waals surface area (Å²) in [7, 11) is -4.94. The van der Waals surface area contributed by atoms with Gasteiger partial charge in [-0.15, -0.1) is 0 Å². The first-order valence-corrected chi connectivity index (χ1v) is 4.44. The Balaban J connectivity index is 0.00000169. The second-order valence-corrected chi connectivity index (χ2v) is 3.58. The Labute approximate surface area is 102 Å². The zero-order valence-electron chi connectivity index (χ0n) is 7.13. The molecule has 0 aromatic heterocycles. The molecule has 14 heavy (non-hydrogen) atoms. The van der Waals surface area contributed by atoms with Crippen LogP contribution >= 0.6 is 0 Å². The summed E-state index contributed by atoms with van der Waals surface area (Å²) in [5, 5.41) is 26.6. The minimum atomic E-state index is -4.94. The number of phenolic OH excluding ortho intramolecular Hbond substituents is 3. The van der Waals surface area contributed by atoms with E-state index in [0.29, 0.717) is 12.1 Å². The van der Waals surface area contributed by atoms with Crippen molar-refractivity contribution in [2.45, 2.75) is 4.90 Å². The molecule has 0 heterocycles. The monoisotopic (exact) mass is 228 g/mol. The molecular weight excluding hydrogens is 223 g/mol. The number of rotatable bonds is 1. The minimum absolute atomic E-state index is 0. The average molecular weight is 228 g/mol. The van der Waals surface area contributed by atoms with E-state index < -0.39 is 32.3 Å². The van der Waals surface area contributed by atoms with Gasteiger partial charge >= 0.3 is 29.6 Å². The van der Waals surface area contributed by atoms with Crippen LogP contribution in [-0.2, 0) is 10.1 Å². The Morgan fingerprint density at radius 3 is 1.71 bits per heavy atom. The molecule has 0 amide bonds. The molecule has 0 saturated heterocycles. The van der Waals surface area contributed by atoms with Crippen LogP contribution in [0.25, 0.3) is 0 Å². The third-order valence-electron chi connectivity index (χ3n) is 1.28. The second kappa shape index (κ2) is 4.37. The van der Waals surface area contributed by atoms with E-state index in [4.69, 9.17) is 15.3 Å². The van der Waals surface area contributed by atoms with Crippen LogP contribution in [0.1, 0.15) is 0 Å². The van der Waals surface area contributed by atoms with Crippen LogP contribution in [0.2, 0.25) is 0 Å². The maximum atomic E-state index is 10.4. The van der Waals surface area contributed by atoms with Crippen molar-refractivity contribution in [2.24, 2.45) is 0 Å². The Hall–Kier alpha value is -0.470. The molecule has 72 valence electrons. The van der Waals surface area contributed by atoms with Crippen LogP contribution in [0.15, 0.2) is 17.0 Å². The number of benzene rings is 1. The van der Waals surface area contributed by atoms with Gasteiger partial charge in [-0.3, -0.25) is 0 Å². The molecule has 3 N–H and O–H groups in total. The van der Waals surface area contributed by atoms with Crippen LogP contribution in [-0.4, -0.2) is 28.3 Å². The molecule has 1 rings (SSSR count). The van der Waals surface area contributed by atoms with Gasteiger partial charge in [0.05, 0.1) is 0 Å². The van der Waals surface area contributed by atoms with Crippen LogP contribution < -0.4 is 29.6 Å². The van der Waals surface area contributed by atoms with Crippen LogP contribution in [0.5, 0.6) is 17.2 Å². The summed E-state index contributed by atoms with van der Waals surface area (Å²) in [5.41, 5.74) is 0. The molecule has 0 unspecified atom stereocenters. The van der Waals surface area contributed by atoms with Gasteiger partial charge in [-0.1, -0.05) is 0 Å². The van der Waals surface area contributed by atoms with Crippen LogP contribution in [0.4, 0.5) is 0 Å². The molecular formula is C6H5NaO6S. The molecule has 1 aromatic carbocycles. The third kappa shape index (κ3) is 2.76. The molecule has 0 saturated carbocycles. The Kier molecular flexibility index (Phi) is 4.22. The van der Waals surface area contributed by atoms with E-state index in [1.165, 1.54) is 0 Å². The van der Waals surface area contributed by atoms with Crippen molar-refractivity contribution in [3.8, 4) is 17.2 Å². The maximum Gasteiger partial charge on any atom is 1.00 e. The number of hydrogen-bond acceptors (Lipinski definition) is 6. The number of aromatic hydroxyl groups is 3. The quantitative estimate of drug-likeness (QED) is 0.342. The molecule has 0 spiro atoms. The summed E-state index contributed by atoms with van der Waals surface area (Å²) in [6.45, 7) is 0. The normalized spacial score (nSPS) is 10.6. The predicted molar refractivity (Wildman–Crippen MR) is 39.4 cm³/mol. The summed E-state index contributed by atoms with van der Waals surface area (Å²) >= 11 is 0. The standard InChI is InChI=1S/C6H6O6S.Na/c7-3-1-4(8)6(5(9)2-3)13(10,11)12;/h1-2,7-9H,(H,10,11,12);/q;+1/p-1. The van der Waals surface area contributed by atoms with E-state index in [1.807, 2.05) is 0 Å². The fraction of sp³-hybridized carbons (Fsp3) is 0. The summed E-state index contributed by atoms with van der Waals surface area (Å²) < 4.78 is 31.3. The van der Waals surface area contributed by atoms with Gasteiger partial charge in [0.1, 0.15) is 32.3 Å². The van der Waals surface area contributed by atoms with Crippen molar-refractivity contribution >= 4 is 10.1 Å². The van der Waals surface area contributed by atoms with Gasteiger partial charge in [0.25, 0.3) is 0 Å². The molecule has 0 aliphatic rings. The first-order chi connectivity index (χ1) is 5.82. The molecule has 0 fully saturated rings. The number of phenols is 3. The van der Waals surface area contributed by atoms with Crippen molar-refractivity contribution in [3.63, 3.8) is 0 Å². The third-order valence-corrected chi connectivity index (χ3v) is 2.20. The van der Waals surface area contributed by atoms with E-state index in [-0.39, 0.29) is 29.6 Å². The van der Waals surface area contributed by atoms with Crippen LogP contribution in [0, 0.1) is 0 Å². The molecule has 0 aliphatic carbocycles.